The number of benzene rings is 2. The molecular formula is C13H11F2IO3S. The summed E-state index contributed by atoms with van der Waals surface area (Å²) in [5.41, 5.74) is 0. The minimum absolute atomic E-state index is 0.118. The molecule has 2 rings (SSSR count). The van der Waals surface area contributed by atoms with Crippen LogP contribution in [0.2, 0.25) is 0 Å². The zero-order valence-electron chi connectivity index (χ0n) is 10.4. The fourth-order valence-corrected chi connectivity index (χ4v) is 7.93. The van der Waals surface area contributed by atoms with E-state index in [4.69, 9.17) is 2.51 Å². The van der Waals surface area contributed by atoms with Gasteiger partial charge in [0, 0.05) is 0 Å². The standard InChI is InChI=1S/C13H11F2IO3S/c1-20(17,18)19-16(12-8-4-2-6-10(12)14)13-9-5-3-7-11(13)15/h2-9H,1H3. The van der Waals surface area contributed by atoms with Gasteiger partial charge < -0.3 is 0 Å². The van der Waals surface area contributed by atoms with Gasteiger partial charge in [0.05, 0.1) is 0 Å². The van der Waals surface area contributed by atoms with E-state index in [2.05, 4.69) is 0 Å². The molecule has 0 aliphatic carbocycles. The van der Waals surface area contributed by atoms with Crippen molar-refractivity contribution in [2.24, 2.45) is 0 Å². The van der Waals surface area contributed by atoms with Crippen LogP contribution in [-0.2, 0) is 12.6 Å². The Hall–Kier alpha value is -1.06. The molecule has 2 aromatic carbocycles. The van der Waals surface area contributed by atoms with Crippen LogP contribution in [0.1, 0.15) is 0 Å². The summed E-state index contributed by atoms with van der Waals surface area (Å²) < 4.78 is 55.8. The first-order chi connectivity index (χ1) is 9.38. The summed E-state index contributed by atoms with van der Waals surface area (Å²) in [4.78, 5) is 0. The average Bonchev–Trinajstić information content (AvgIpc) is 2.37. The molecule has 0 bridgehead atoms. The Morgan fingerprint density at radius 2 is 1.30 bits per heavy atom. The maximum atomic E-state index is 13.9. The van der Waals surface area contributed by atoms with Gasteiger partial charge in [0.1, 0.15) is 0 Å². The molecule has 0 amide bonds. The van der Waals surface area contributed by atoms with Gasteiger partial charge in [-0.1, -0.05) is 0 Å². The second-order valence-electron chi connectivity index (χ2n) is 3.84. The summed E-state index contributed by atoms with van der Waals surface area (Å²) in [5, 5.41) is 0. The third-order valence-corrected chi connectivity index (χ3v) is 9.45. The molecule has 2 aromatic rings. The molecule has 0 aliphatic rings. The molecule has 20 heavy (non-hydrogen) atoms. The normalized spacial score (nSPS) is 12.2. The van der Waals surface area contributed by atoms with Crippen molar-refractivity contribution < 1.29 is 19.7 Å². The van der Waals surface area contributed by atoms with Crippen molar-refractivity contribution in [3.63, 3.8) is 0 Å². The van der Waals surface area contributed by atoms with Gasteiger partial charge >= 0.3 is 124 Å². The van der Waals surface area contributed by atoms with Gasteiger partial charge in [0.15, 0.2) is 0 Å². The van der Waals surface area contributed by atoms with E-state index in [1.807, 2.05) is 0 Å². The van der Waals surface area contributed by atoms with Crippen LogP contribution >= 0.6 is 20.2 Å². The van der Waals surface area contributed by atoms with E-state index >= 15 is 0 Å². The molecule has 3 nitrogen and oxygen atoms in total. The van der Waals surface area contributed by atoms with Crippen LogP contribution in [0, 0.1) is 18.8 Å². The second kappa shape index (κ2) is 6.15. The van der Waals surface area contributed by atoms with Crippen LogP contribution in [0.15, 0.2) is 48.5 Å². The van der Waals surface area contributed by atoms with Crippen LogP contribution in [0.5, 0.6) is 0 Å². The SMILES string of the molecule is CS(=O)(=O)OI(c1ccccc1F)c1ccccc1F. The molecule has 0 aliphatic heterocycles. The van der Waals surface area contributed by atoms with E-state index in [9.17, 15) is 17.2 Å². The first-order valence-corrected chi connectivity index (χ1v) is 10.3. The Bertz CT molecular complexity index is 674. The van der Waals surface area contributed by atoms with Crippen LogP contribution in [0.3, 0.4) is 0 Å². The Morgan fingerprint density at radius 3 is 1.65 bits per heavy atom. The molecule has 0 spiro atoms. The van der Waals surface area contributed by atoms with Crippen molar-refractivity contribution in [2.75, 3.05) is 6.26 Å². The molecule has 0 atom stereocenters. The molecule has 0 saturated carbocycles. The van der Waals surface area contributed by atoms with Gasteiger partial charge in [0.25, 0.3) is 0 Å². The van der Waals surface area contributed by atoms with E-state index in [1.54, 1.807) is 12.1 Å². The topological polar surface area (TPSA) is 43.4 Å². The van der Waals surface area contributed by atoms with Crippen LogP contribution < -0.4 is 0 Å². The van der Waals surface area contributed by atoms with Crippen LogP contribution in [0.25, 0.3) is 0 Å². The third kappa shape index (κ3) is 3.74. The van der Waals surface area contributed by atoms with E-state index in [-0.39, 0.29) is 7.14 Å². The van der Waals surface area contributed by atoms with Crippen molar-refractivity contribution in [3.05, 3.63) is 67.3 Å². The predicted molar refractivity (Wildman–Crippen MR) is 80.1 cm³/mol. The predicted octanol–water partition coefficient (Wildman–Crippen LogP) is 3.40. The molecule has 0 unspecified atom stereocenters. The van der Waals surface area contributed by atoms with E-state index < -0.39 is 42.0 Å². The van der Waals surface area contributed by atoms with Crippen molar-refractivity contribution >= 4 is 30.4 Å². The van der Waals surface area contributed by atoms with Crippen molar-refractivity contribution in [3.8, 4) is 0 Å². The molecule has 0 saturated heterocycles. The van der Waals surface area contributed by atoms with Gasteiger partial charge in [-0.05, 0) is 0 Å². The Kier molecular flexibility index (Phi) is 4.71. The third-order valence-electron chi connectivity index (χ3n) is 2.20. The Balaban J connectivity index is 2.57. The van der Waals surface area contributed by atoms with E-state index in [0.717, 1.165) is 6.26 Å². The quantitative estimate of drug-likeness (QED) is 0.724. The molecule has 0 heterocycles. The summed E-state index contributed by atoms with van der Waals surface area (Å²) in [6, 6.07) is 11.4. The van der Waals surface area contributed by atoms with Gasteiger partial charge in [-0.3, -0.25) is 0 Å². The summed E-state index contributed by atoms with van der Waals surface area (Å²) in [7, 11) is -3.82. The Morgan fingerprint density at radius 1 is 0.900 bits per heavy atom. The van der Waals surface area contributed by atoms with Crippen LogP contribution in [0.4, 0.5) is 8.78 Å². The fourth-order valence-electron chi connectivity index (χ4n) is 1.45. The van der Waals surface area contributed by atoms with Gasteiger partial charge in [-0.2, -0.15) is 0 Å². The van der Waals surface area contributed by atoms with E-state index in [0.29, 0.717) is 0 Å². The summed E-state index contributed by atoms with van der Waals surface area (Å²) in [6.07, 6.45) is 0.874. The Labute approximate surface area is 123 Å². The van der Waals surface area contributed by atoms with Crippen LogP contribution in [-0.4, -0.2) is 14.7 Å². The molecule has 0 N–H and O–H groups in total. The zero-order chi connectivity index (χ0) is 14.8. The molecule has 0 aromatic heterocycles. The summed E-state index contributed by atoms with van der Waals surface area (Å²) >= 11 is -3.20. The fraction of sp³-hybridized carbons (Fsp3) is 0.0769. The number of rotatable bonds is 4. The maximum absolute atomic E-state index is 13.9. The average molecular weight is 412 g/mol. The van der Waals surface area contributed by atoms with E-state index in [1.165, 1.54) is 36.4 Å². The first-order valence-electron chi connectivity index (χ1n) is 5.47. The number of hydrogen-bond acceptors (Lipinski definition) is 3. The molecule has 108 valence electrons. The number of halogens is 3. The van der Waals surface area contributed by atoms with Crippen molar-refractivity contribution in [1.29, 1.82) is 0 Å². The minimum atomic E-state index is -3.82. The molecule has 0 radical (unpaired) electrons. The van der Waals surface area contributed by atoms with Crippen molar-refractivity contribution in [1.82, 2.24) is 0 Å². The monoisotopic (exact) mass is 412 g/mol. The second-order valence-corrected chi connectivity index (χ2v) is 10.2. The molecular weight excluding hydrogens is 401 g/mol. The van der Waals surface area contributed by atoms with Gasteiger partial charge in [-0.25, -0.2) is 0 Å². The number of hydrogen-bond donors (Lipinski definition) is 0. The summed E-state index contributed by atoms with van der Waals surface area (Å²) in [5.74, 6) is -1.19. The van der Waals surface area contributed by atoms with Gasteiger partial charge in [0.2, 0.25) is 0 Å². The first kappa shape index (κ1) is 15.3. The van der Waals surface area contributed by atoms with Crippen molar-refractivity contribution in [2.45, 2.75) is 0 Å². The van der Waals surface area contributed by atoms with Gasteiger partial charge in [-0.15, -0.1) is 0 Å². The summed E-state index contributed by atoms with van der Waals surface area (Å²) in [6.45, 7) is 0. The molecule has 7 heteroatoms. The molecule has 0 fully saturated rings. The zero-order valence-corrected chi connectivity index (χ0v) is 13.4.